The predicted octanol–water partition coefficient (Wildman–Crippen LogP) is 3.26. The zero-order chi connectivity index (χ0) is 19.2. The van der Waals surface area contributed by atoms with Crippen LogP contribution in [0.5, 0.6) is 0 Å². The molecular formula is C21H22FNO4. The van der Waals surface area contributed by atoms with Crippen LogP contribution in [-0.4, -0.2) is 44.7 Å². The molecule has 27 heavy (non-hydrogen) atoms. The first-order valence-corrected chi connectivity index (χ1v) is 9.00. The van der Waals surface area contributed by atoms with Crippen molar-refractivity contribution in [2.45, 2.75) is 13.3 Å². The second kappa shape index (κ2) is 8.77. The molecule has 0 unspecified atom stereocenters. The van der Waals surface area contributed by atoms with Crippen LogP contribution in [0.25, 0.3) is 0 Å². The molecule has 1 fully saturated rings. The van der Waals surface area contributed by atoms with Gasteiger partial charge >= 0.3 is 5.97 Å². The number of anilines is 1. The highest BCUT2D eigenvalue weighted by Gasteiger charge is 2.21. The van der Waals surface area contributed by atoms with Crippen LogP contribution in [0, 0.1) is 5.82 Å². The molecule has 1 aliphatic heterocycles. The van der Waals surface area contributed by atoms with Crippen LogP contribution >= 0.6 is 0 Å². The highest BCUT2D eigenvalue weighted by molar-refractivity contribution is 5.99. The molecule has 0 N–H and O–H groups in total. The summed E-state index contributed by atoms with van der Waals surface area (Å²) in [7, 11) is 0. The number of benzene rings is 2. The molecule has 0 atom stereocenters. The van der Waals surface area contributed by atoms with E-state index in [1.807, 2.05) is 6.07 Å². The van der Waals surface area contributed by atoms with Crippen molar-refractivity contribution in [2.75, 3.05) is 37.8 Å². The van der Waals surface area contributed by atoms with Gasteiger partial charge in [0.1, 0.15) is 5.82 Å². The van der Waals surface area contributed by atoms with Crippen molar-refractivity contribution in [1.29, 1.82) is 0 Å². The average Bonchev–Trinajstić information content (AvgIpc) is 2.69. The van der Waals surface area contributed by atoms with Gasteiger partial charge < -0.3 is 14.4 Å². The molecule has 0 aliphatic carbocycles. The molecule has 1 saturated heterocycles. The molecule has 2 aromatic carbocycles. The number of morpholine rings is 1. The highest BCUT2D eigenvalue weighted by atomic mass is 19.1. The van der Waals surface area contributed by atoms with Gasteiger partial charge in [-0.15, -0.1) is 0 Å². The van der Waals surface area contributed by atoms with Gasteiger partial charge in [-0.05, 0) is 36.8 Å². The van der Waals surface area contributed by atoms with Crippen LogP contribution in [0.1, 0.15) is 33.2 Å². The van der Waals surface area contributed by atoms with Crippen molar-refractivity contribution in [3.63, 3.8) is 0 Å². The topological polar surface area (TPSA) is 55.8 Å². The molecule has 1 aliphatic rings. The number of hydrogen-bond acceptors (Lipinski definition) is 5. The molecule has 2 aromatic rings. The lowest BCUT2D eigenvalue weighted by Gasteiger charge is -2.30. The summed E-state index contributed by atoms with van der Waals surface area (Å²) >= 11 is 0. The minimum atomic E-state index is -0.543. The summed E-state index contributed by atoms with van der Waals surface area (Å²) in [6.45, 7) is 4.56. The molecule has 0 aromatic heterocycles. The number of halogens is 1. The van der Waals surface area contributed by atoms with Gasteiger partial charge in [-0.1, -0.05) is 18.2 Å². The van der Waals surface area contributed by atoms with Gasteiger partial charge in [0.2, 0.25) is 0 Å². The minimum Gasteiger partial charge on any atom is -0.462 e. The van der Waals surface area contributed by atoms with Gasteiger partial charge in [-0.25, -0.2) is 9.18 Å². The van der Waals surface area contributed by atoms with E-state index in [1.54, 1.807) is 31.2 Å². The Kier molecular flexibility index (Phi) is 6.19. The summed E-state index contributed by atoms with van der Waals surface area (Å²) in [4.78, 5) is 27.0. The summed E-state index contributed by atoms with van der Waals surface area (Å²) in [6.07, 6.45) is 0.0106. The lowest BCUT2D eigenvalue weighted by atomic mass is 9.99. The van der Waals surface area contributed by atoms with Crippen LogP contribution in [0.3, 0.4) is 0 Å². The van der Waals surface area contributed by atoms with Crippen molar-refractivity contribution in [3.05, 3.63) is 65.0 Å². The van der Waals surface area contributed by atoms with E-state index in [4.69, 9.17) is 9.47 Å². The van der Waals surface area contributed by atoms with Gasteiger partial charge in [0.25, 0.3) is 0 Å². The van der Waals surface area contributed by atoms with Crippen molar-refractivity contribution >= 4 is 17.4 Å². The Morgan fingerprint density at radius 1 is 1.11 bits per heavy atom. The van der Waals surface area contributed by atoms with Crippen molar-refractivity contribution in [3.8, 4) is 0 Å². The van der Waals surface area contributed by atoms with Gasteiger partial charge in [0.05, 0.1) is 36.6 Å². The second-order valence-electron chi connectivity index (χ2n) is 6.25. The number of Topliss-reactive ketones (excluding diaryl/α,β-unsaturated/α-hetero) is 1. The minimum absolute atomic E-state index is 0.0106. The van der Waals surface area contributed by atoms with Gasteiger partial charge in [-0.2, -0.15) is 0 Å². The first-order chi connectivity index (χ1) is 13.1. The van der Waals surface area contributed by atoms with Crippen molar-refractivity contribution in [1.82, 2.24) is 0 Å². The summed E-state index contributed by atoms with van der Waals surface area (Å²) in [5.74, 6) is -1.31. The van der Waals surface area contributed by atoms with Crippen LogP contribution in [-0.2, 0) is 15.9 Å². The summed E-state index contributed by atoms with van der Waals surface area (Å²) in [5.41, 5.74) is 1.87. The molecule has 0 radical (unpaired) electrons. The number of hydrogen-bond donors (Lipinski definition) is 0. The maximum atomic E-state index is 13.8. The Hall–Kier alpha value is -2.73. The number of rotatable bonds is 6. The molecule has 3 rings (SSSR count). The number of esters is 1. The third-order valence-corrected chi connectivity index (χ3v) is 4.45. The summed E-state index contributed by atoms with van der Waals surface area (Å²) in [6, 6.07) is 11.2. The maximum Gasteiger partial charge on any atom is 0.340 e. The Balaban J connectivity index is 1.88. The average molecular weight is 371 g/mol. The molecule has 142 valence electrons. The zero-order valence-corrected chi connectivity index (χ0v) is 15.2. The second-order valence-corrected chi connectivity index (χ2v) is 6.25. The zero-order valence-electron chi connectivity index (χ0n) is 15.2. The third kappa shape index (κ3) is 4.52. The predicted molar refractivity (Wildman–Crippen MR) is 99.9 cm³/mol. The van der Waals surface area contributed by atoms with E-state index >= 15 is 0 Å². The van der Waals surface area contributed by atoms with Crippen LogP contribution in [0.15, 0.2) is 42.5 Å². The fourth-order valence-electron chi connectivity index (χ4n) is 3.11. The maximum absolute atomic E-state index is 13.8. The molecule has 6 heteroatoms. The summed E-state index contributed by atoms with van der Waals surface area (Å²) in [5, 5.41) is 0. The van der Waals surface area contributed by atoms with E-state index in [9.17, 15) is 14.0 Å². The number of carbonyl (C=O) groups is 2. The Morgan fingerprint density at radius 2 is 1.85 bits per heavy atom. The normalized spacial score (nSPS) is 14.1. The monoisotopic (exact) mass is 371 g/mol. The first kappa shape index (κ1) is 19.0. The number of ketones is 1. The molecular weight excluding hydrogens is 349 g/mol. The lowest BCUT2D eigenvalue weighted by Crippen LogP contribution is -2.37. The Labute approximate surface area is 157 Å². The Bertz CT molecular complexity index is 831. The number of carbonyl (C=O) groups excluding carboxylic acids is 2. The fourth-order valence-corrected chi connectivity index (χ4v) is 3.11. The standard InChI is InChI=1S/C21H22FNO4/c1-2-27-21(25)17-13-15(7-8-19(17)23-9-11-26-12-10-23)14-20(24)16-5-3-4-6-18(16)22/h3-8,13H,2,9-12,14H2,1H3. The lowest BCUT2D eigenvalue weighted by molar-refractivity contribution is 0.0525. The largest absolute Gasteiger partial charge is 0.462 e. The van der Waals surface area contributed by atoms with Gasteiger partial charge in [0, 0.05) is 19.5 Å². The molecule has 0 saturated carbocycles. The summed E-state index contributed by atoms with van der Waals surface area (Å²) < 4.78 is 24.4. The van der Waals surface area contributed by atoms with E-state index in [0.29, 0.717) is 37.4 Å². The molecule has 1 heterocycles. The fraction of sp³-hybridized carbons (Fsp3) is 0.333. The van der Waals surface area contributed by atoms with E-state index in [0.717, 1.165) is 5.69 Å². The molecule has 0 spiro atoms. The number of nitrogens with zero attached hydrogens (tertiary/aromatic N) is 1. The quantitative estimate of drug-likeness (QED) is 0.576. The number of ether oxygens (including phenoxy) is 2. The Morgan fingerprint density at radius 3 is 2.56 bits per heavy atom. The van der Waals surface area contributed by atoms with Crippen molar-refractivity contribution < 1.29 is 23.5 Å². The van der Waals surface area contributed by atoms with Crippen LogP contribution in [0.4, 0.5) is 10.1 Å². The van der Waals surface area contributed by atoms with Crippen LogP contribution < -0.4 is 4.90 Å². The van der Waals surface area contributed by atoms with E-state index in [2.05, 4.69) is 4.90 Å². The molecule has 0 amide bonds. The van der Waals surface area contributed by atoms with E-state index in [1.165, 1.54) is 12.1 Å². The smallest absolute Gasteiger partial charge is 0.340 e. The highest BCUT2D eigenvalue weighted by Crippen LogP contribution is 2.25. The molecule has 0 bridgehead atoms. The SMILES string of the molecule is CCOC(=O)c1cc(CC(=O)c2ccccc2F)ccc1N1CCOCC1. The third-order valence-electron chi connectivity index (χ3n) is 4.45. The molecule has 5 nitrogen and oxygen atoms in total. The van der Waals surface area contributed by atoms with Crippen LogP contribution in [0.2, 0.25) is 0 Å². The van der Waals surface area contributed by atoms with E-state index < -0.39 is 11.8 Å². The van der Waals surface area contributed by atoms with Gasteiger partial charge in [-0.3, -0.25) is 4.79 Å². The first-order valence-electron chi connectivity index (χ1n) is 9.00. The van der Waals surface area contributed by atoms with Gasteiger partial charge in [0.15, 0.2) is 5.78 Å². The van der Waals surface area contributed by atoms with E-state index in [-0.39, 0.29) is 24.4 Å². The van der Waals surface area contributed by atoms with Crippen molar-refractivity contribution in [2.24, 2.45) is 0 Å².